The highest BCUT2D eigenvalue weighted by atomic mass is 16.4. The number of nitriles is 1. The van der Waals surface area contributed by atoms with Crippen LogP contribution in [-0.2, 0) is 6.54 Å². The second-order valence-electron chi connectivity index (χ2n) is 9.84. The molecule has 5 aromatic rings. The quantitative estimate of drug-likeness (QED) is 0.215. The van der Waals surface area contributed by atoms with Crippen molar-refractivity contribution in [2.24, 2.45) is 0 Å². The number of hydrogen-bond donors (Lipinski definition) is 4. The molecule has 0 aliphatic rings. The second-order valence-corrected chi connectivity index (χ2v) is 9.84. The van der Waals surface area contributed by atoms with E-state index in [0.717, 1.165) is 27.8 Å². The number of aryl methyl sites for hydroxylation is 2. The number of fused-ring (bicyclic) bond motifs is 1. The van der Waals surface area contributed by atoms with Gasteiger partial charge >= 0.3 is 5.97 Å². The molecule has 5 rings (SSSR count). The molecular formula is C30H27N9O3. The molecule has 0 fully saturated rings. The highest BCUT2D eigenvalue weighted by Crippen LogP contribution is 2.29. The normalized spacial score (nSPS) is 11.6. The molecule has 12 nitrogen and oxygen atoms in total. The Balaban J connectivity index is 1.47. The van der Waals surface area contributed by atoms with Gasteiger partial charge < -0.3 is 21.5 Å². The summed E-state index contributed by atoms with van der Waals surface area (Å²) in [5.41, 5.74) is 11.4. The lowest BCUT2D eigenvalue weighted by Crippen LogP contribution is -2.23. The van der Waals surface area contributed by atoms with Gasteiger partial charge in [-0.3, -0.25) is 4.79 Å². The van der Waals surface area contributed by atoms with Crippen LogP contribution in [0.15, 0.2) is 61.1 Å². The molecule has 0 saturated carbocycles. The lowest BCUT2D eigenvalue weighted by atomic mass is 10.0. The number of rotatable bonds is 8. The fourth-order valence-electron chi connectivity index (χ4n) is 4.57. The number of benzene rings is 2. The molecule has 3 aromatic heterocycles. The van der Waals surface area contributed by atoms with E-state index in [1.165, 1.54) is 18.5 Å². The van der Waals surface area contributed by atoms with Gasteiger partial charge in [-0.2, -0.15) is 10.4 Å². The lowest BCUT2D eigenvalue weighted by Gasteiger charge is -2.17. The molecule has 12 heteroatoms. The minimum Gasteiger partial charge on any atom is -0.478 e. The van der Waals surface area contributed by atoms with E-state index in [1.807, 2.05) is 45.2 Å². The molecule has 0 spiro atoms. The van der Waals surface area contributed by atoms with Crippen molar-refractivity contribution in [3.63, 3.8) is 0 Å². The number of carbonyl (C=O) groups excluding carboxylic acids is 1. The fraction of sp³-hybridized carbons (Fsp3) is 0.167. The van der Waals surface area contributed by atoms with Gasteiger partial charge in [-0.25, -0.2) is 24.3 Å². The number of nitrogens with two attached hydrogens (primary N) is 1. The summed E-state index contributed by atoms with van der Waals surface area (Å²) in [7, 11) is 0. The Kier molecular flexibility index (Phi) is 7.49. The van der Waals surface area contributed by atoms with Gasteiger partial charge in [0.1, 0.15) is 29.6 Å². The van der Waals surface area contributed by atoms with E-state index in [-0.39, 0.29) is 35.2 Å². The second kappa shape index (κ2) is 11.3. The molecule has 5 N–H and O–H groups in total. The average molecular weight is 562 g/mol. The van der Waals surface area contributed by atoms with Crippen LogP contribution in [-0.4, -0.2) is 41.5 Å². The van der Waals surface area contributed by atoms with Crippen molar-refractivity contribution in [3.05, 3.63) is 100 Å². The summed E-state index contributed by atoms with van der Waals surface area (Å²) in [5.74, 6) is -0.498. The first-order valence-electron chi connectivity index (χ1n) is 13.0. The van der Waals surface area contributed by atoms with Gasteiger partial charge in [-0.15, -0.1) is 0 Å². The van der Waals surface area contributed by atoms with Crippen molar-refractivity contribution in [2.75, 3.05) is 11.1 Å². The van der Waals surface area contributed by atoms with E-state index in [0.29, 0.717) is 17.1 Å². The topological polar surface area (TPSA) is 184 Å². The standard InChI is InChI=1S/C30H27N9O3/c1-16-10-21(12-22(11-16)29(40)33-14-19-4-6-20(7-5-19)30(41)42)24-25-17(2)8-9-39(25)38-27(37-24)18(3)36-28-23(13-31)26(32)34-15-35-28/h4-12,15,18H,14H2,1-3H3,(H,33,40)(H,41,42)(H3,32,34,35,36)/t18-/m0/s1. The molecular weight excluding hydrogens is 534 g/mol. The Bertz CT molecular complexity index is 1870. The van der Waals surface area contributed by atoms with E-state index in [2.05, 4.69) is 25.7 Å². The van der Waals surface area contributed by atoms with Crippen LogP contribution in [0.5, 0.6) is 0 Å². The fourth-order valence-corrected chi connectivity index (χ4v) is 4.57. The molecule has 210 valence electrons. The van der Waals surface area contributed by atoms with Crippen LogP contribution in [0.1, 0.15) is 61.8 Å². The van der Waals surface area contributed by atoms with Gasteiger partial charge in [-0.1, -0.05) is 12.1 Å². The summed E-state index contributed by atoms with van der Waals surface area (Å²) in [4.78, 5) is 37.2. The molecule has 0 radical (unpaired) electrons. The third-order valence-electron chi connectivity index (χ3n) is 6.73. The zero-order valence-corrected chi connectivity index (χ0v) is 23.1. The van der Waals surface area contributed by atoms with Crippen molar-refractivity contribution in [1.82, 2.24) is 29.9 Å². The van der Waals surface area contributed by atoms with E-state index < -0.39 is 12.0 Å². The van der Waals surface area contributed by atoms with Gasteiger partial charge in [-0.05, 0) is 73.9 Å². The number of aromatic nitrogens is 5. The number of anilines is 2. The Morgan fingerprint density at radius 1 is 1.10 bits per heavy atom. The number of carbonyl (C=O) groups is 2. The highest BCUT2D eigenvalue weighted by Gasteiger charge is 2.20. The molecule has 0 aliphatic carbocycles. The SMILES string of the molecule is Cc1cc(C(=O)NCc2ccc(C(=O)O)cc2)cc(-c2nc([C@H](C)Nc3ncnc(N)c3C#N)nn3ccc(C)c23)c1. The summed E-state index contributed by atoms with van der Waals surface area (Å²) in [6.45, 7) is 5.95. The predicted octanol–water partition coefficient (Wildman–Crippen LogP) is 4.06. The maximum atomic E-state index is 13.2. The summed E-state index contributed by atoms with van der Waals surface area (Å²) in [6.07, 6.45) is 3.12. The molecule has 42 heavy (non-hydrogen) atoms. The zero-order chi connectivity index (χ0) is 30.0. The molecule has 2 aromatic carbocycles. The van der Waals surface area contributed by atoms with Crippen LogP contribution in [0.2, 0.25) is 0 Å². The first-order chi connectivity index (χ1) is 20.1. The van der Waals surface area contributed by atoms with Gasteiger partial charge in [0.2, 0.25) is 0 Å². The molecule has 3 heterocycles. The monoisotopic (exact) mass is 561 g/mol. The molecule has 0 unspecified atom stereocenters. The van der Waals surface area contributed by atoms with Gasteiger partial charge in [0.15, 0.2) is 5.82 Å². The Hall–Kier alpha value is -5.83. The Morgan fingerprint density at radius 2 is 1.86 bits per heavy atom. The van der Waals surface area contributed by atoms with Crippen LogP contribution in [0.3, 0.4) is 0 Å². The zero-order valence-electron chi connectivity index (χ0n) is 23.1. The van der Waals surface area contributed by atoms with E-state index in [9.17, 15) is 14.9 Å². The maximum Gasteiger partial charge on any atom is 0.335 e. The Morgan fingerprint density at radius 3 is 2.57 bits per heavy atom. The molecule has 1 amide bonds. The van der Waals surface area contributed by atoms with Crippen LogP contribution in [0.25, 0.3) is 16.8 Å². The number of carboxylic acids is 1. The third-order valence-corrected chi connectivity index (χ3v) is 6.73. The number of nitrogens with zero attached hydrogens (tertiary/aromatic N) is 6. The van der Waals surface area contributed by atoms with Gasteiger partial charge in [0, 0.05) is 23.9 Å². The van der Waals surface area contributed by atoms with Crippen LogP contribution < -0.4 is 16.4 Å². The summed E-state index contributed by atoms with van der Waals surface area (Å²) < 4.78 is 1.74. The number of amides is 1. The van der Waals surface area contributed by atoms with Crippen molar-refractivity contribution in [3.8, 4) is 17.3 Å². The van der Waals surface area contributed by atoms with Gasteiger partial charge in [0.25, 0.3) is 5.91 Å². The number of carboxylic acid groups (broad SMARTS) is 1. The van der Waals surface area contributed by atoms with E-state index >= 15 is 0 Å². The van der Waals surface area contributed by atoms with Crippen molar-refractivity contribution >= 4 is 29.0 Å². The average Bonchev–Trinajstić information content (AvgIpc) is 3.35. The van der Waals surface area contributed by atoms with E-state index in [1.54, 1.807) is 28.8 Å². The lowest BCUT2D eigenvalue weighted by molar-refractivity contribution is 0.0696. The van der Waals surface area contributed by atoms with E-state index in [4.69, 9.17) is 15.8 Å². The minimum absolute atomic E-state index is 0.0723. The maximum absolute atomic E-state index is 13.2. The number of aromatic carboxylic acids is 1. The van der Waals surface area contributed by atoms with Crippen LogP contribution in [0, 0.1) is 25.2 Å². The number of nitrogen functional groups attached to an aromatic ring is 1. The van der Waals surface area contributed by atoms with Crippen molar-refractivity contribution < 1.29 is 14.7 Å². The van der Waals surface area contributed by atoms with Crippen molar-refractivity contribution in [2.45, 2.75) is 33.4 Å². The first-order valence-corrected chi connectivity index (χ1v) is 13.0. The predicted molar refractivity (Wildman–Crippen MR) is 156 cm³/mol. The summed E-state index contributed by atoms with van der Waals surface area (Å²) in [5, 5.41) is 29.4. The van der Waals surface area contributed by atoms with Crippen LogP contribution in [0.4, 0.5) is 11.6 Å². The largest absolute Gasteiger partial charge is 0.478 e. The third kappa shape index (κ3) is 5.57. The van der Waals surface area contributed by atoms with Crippen molar-refractivity contribution in [1.29, 1.82) is 5.26 Å². The molecule has 0 saturated heterocycles. The summed E-state index contributed by atoms with van der Waals surface area (Å²) in [6, 6.07) is 15.4. The highest BCUT2D eigenvalue weighted by molar-refractivity contribution is 5.96. The molecule has 0 aliphatic heterocycles. The first kappa shape index (κ1) is 27.7. The smallest absolute Gasteiger partial charge is 0.335 e. The number of hydrogen-bond acceptors (Lipinski definition) is 9. The minimum atomic E-state index is -1.01. The Labute approximate surface area is 240 Å². The summed E-state index contributed by atoms with van der Waals surface area (Å²) >= 11 is 0. The number of nitrogens with one attached hydrogen (secondary N) is 2. The molecule has 0 bridgehead atoms. The van der Waals surface area contributed by atoms with Crippen LogP contribution >= 0.6 is 0 Å². The van der Waals surface area contributed by atoms with Gasteiger partial charge in [0.05, 0.1) is 22.8 Å². The molecule has 1 atom stereocenters.